The molecule has 0 saturated carbocycles. The predicted molar refractivity (Wildman–Crippen MR) is 80.8 cm³/mol. The van der Waals surface area contributed by atoms with Crippen LogP contribution in [-0.4, -0.2) is 35.8 Å². The summed E-state index contributed by atoms with van der Waals surface area (Å²) in [5.41, 5.74) is 1.05. The first-order chi connectivity index (χ1) is 11.2. The number of carboxylic acid groups (broad SMARTS) is 1. The van der Waals surface area contributed by atoms with E-state index < -0.39 is 30.5 Å². The monoisotopic (exact) mass is 347 g/mol. The summed E-state index contributed by atoms with van der Waals surface area (Å²) in [5.74, 6) is -1.72. The summed E-state index contributed by atoms with van der Waals surface area (Å²) in [7, 11) is 0. The molecule has 134 valence electrons. The van der Waals surface area contributed by atoms with Crippen molar-refractivity contribution in [2.24, 2.45) is 0 Å². The minimum Gasteiger partial charge on any atom is -0.494 e. The second-order valence-electron chi connectivity index (χ2n) is 5.40. The average Bonchev–Trinajstić information content (AvgIpc) is 2.44. The Balaban J connectivity index is 2.26. The molecule has 0 saturated heterocycles. The summed E-state index contributed by atoms with van der Waals surface area (Å²) in [4.78, 5) is 22.3. The van der Waals surface area contributed by atoms with Crippen molar-refractivity contribution in [1.29, 1.82) is 0 Å². The highest BCUT2D eigenvalue weighted by molar-refractivity contribution is 5.83. The molecule has 0 bridgehead atoms. The van der Waals surface area contributed by atoms with Crippen molar-refractivity contribution >= 4 is 11.9 Å². The van der Waals surface area contributed by atoms with Gasteiger partial charge in [0.2, 0.25) is 5.91 Å². The number of alkyl halides is 3. The van der Waals surface area contributed by atoms with E-state index in [4.69, 9.17) is 9.84 Å². The molecular formula is C16H20F3NO4. The van der Waals surface area contributed by atoms with E-state index in [0.717, 1.165) is 5.56 Å². The molecule has 1 unspecified atom stereocenters. The number of hydrogen-bond donors (Lipinski definition) is 2. The van der Waals surface area contributed by atoms with Crippen molar-refractivity contribution in [2.45, 2.75) is 44.8 Å². The van der Waals surface area contributed by atoms with E-state index in [9.17, 15) is 22.8 Å². The summed E-state index contributed by atoms with van der Waals surface area (Å²) >= 11 is 0. The zero-order chi connectivity index (χ0) is 18.2. The molecule has 0 spiro atoms. The van der Waals surface area contributed by atoms with Crippen LogP contribution in [0.1, 0.15) is 31.2 Å². The SMILES string of the molecule is Cc1cccc(OCCCCC(=O)NC(CC(F)(F)F)C(=O)O)c1. The molecule has 0 aliphatic carbocycles. The highest BCUT2D eigenvalue weighted by atomic mass is 19.4. The molecule has 8 heteroatoms. The average molecular weight is 347 g/mol. The van der Waals surface area contributed by atoms with Crippen LogP contribution in [0.3, 0.4) is 0 Å². The van der Waals surface area contributed by atoms with Crippen LogP contribution in [-0.2, 0) is 9.59 Å². The van der Waals surface area contributed by atoms with Crippen molar-refractivity contribution in [3.8, 4) is 5.75 Å². The third-order valence-corrected chi connectivity index (χ3v) is 3.13. The lowest BCUT2D eigenvalue weighted by Gasteiger charge is -2.16. The van der Waals surface area contributed by atoms with Gasteiger partial charge in [0.25, 0.3) is 0 Å². The zero-order valence-electron chi connectivity index (χ0n) is 13.2. The number of ether oxygens (including phenoxy) is 1. The topological polar surface area (TPSA) is 75.6 Å². The maximum absolute atomic E-state index is 12.2. The Morgan fingerprint density at radius 1 is 1.29 bits per heavy atom. The Bertz CT molecular complexity index is 560. The minimum atomic E-state index is -4.65. The van der Waals surface area contributed by atoms with Crippen molar-refractivity contribution < 1.29 is 32.6 Å². The highest BCUT2D eigenvalue weighted by Crippen LogP contribution is 2.21. The molecule has 0 heterocycles. The maximum Gasteiger partial charge on any atom is 0.391 e. The van der Waals surface area contributed by atoms with Crippen LogP contribution in [0.5, 0.6) is 5.75 Å². The lowest BCUT2D eigenvalue weighted by atomic mass is 10.1. The van der Waals surface area contributed by atoms with E-state index >= 15 is 0 Å². The Labute approximate surface area is 137 Å². The number of aliphatic carboxylic acids is 1. The first-order valence-corrected chi connectivity index (χ1v) is 7.46. The Kier molecular flexibility index (Phi) is 7.54. The van der Waals surface area contributed by atoms with Crippen molar-refractivity contribution in [2.75, 3.05) is 6.61 Å². The van der Waals surface area contributed by atoms with Gasteiger partial charge in [0.1, 0.15) is 11.8 Å². The molecule has 1 atom stereocenters. The number of nitrogens with one attached hydrogen (secondary N) is 1. The summed E-state index contributed by atoms with van der Waals surface area (Å²) in [6.07, 6.45) is -5.39. The third-order valence-electron chi connectivity index (χ3n) is 3.13. The number of benzene rings is 1. The zero-order valence-corrected chi connectivity index (χ0v) is 13.2. The summed E-state index contributed by atoms with van der Waals surface area (Å²) in [6.45, 7) is 2.29. The molecule has 0 aliphatic rings. The second kappa shape index (κ2) is 9.14. The van der Waals surface area contributed by atoms with Crippen LogP contribution in [0.2, 0.25) is 0 Å². The van der Waals surface area contributed by atoms with Crippen LogP contribution >= 0.6 is 0 Å². The molecule has 0 fully saturated rings. The maximum atomic E-state index is 12.2. The molecule has 1 aromatic carbocycles. The molecule has 2 N–H and O–H groups in total. The van der Waals surface area contributed by atoms with Gasteiger partial charge in [-0.15, -0.1) is 0 Å². The predicted octanol–water partition coefficient (Wildman–Crippen LogP) is 3.07. The van der Waals surface area contributed by atoms with Crippen LogP contribution in [0.25, 0.3) is 0 Å². The first kappa shape index (κ1) is 19.8. The van der Waals surface area contributed by atoms with E-state index in [2.05, 4.69) is 0 Å². The largest absolute Gasteiger partial charge is 0.494 e. The number of carbonyl (C=O) groups is 2. The van der Waals surface area contributed by atoms with E-state index in [0.29, 0.717) is 25.2 Å². The number of carboxylic acids is 1. The highest BCUT2D eigenvalue weighted by Gasteiger charge is 2.36. The van der Waals surface area contributed by atoms with Crippen molar-refractivity contribution in [1.82, 2.24) is 5.32 Å². The number of rotatable bonds is 9. The first-order valence-electron chi connectivity index (χ1n) is 7.46. The molecule has 5 nitrogen and oxygen atoms in total. The summed E-state index contributed by atoms with van der Waals surface area (Å²) in [6, 6.07) is 5.48. The van der Waals surface area contributed by atoms with Crippen LogP contribution in [0.15, 0.2) is 24.3 Å². The van der Waals surface area contributed by atoms with Gasteiger partial charge >= 0.3 is 12.1 Å². The lowest BCUT2D eigenvalue weighted by molar-refractivity contribution is -0.160. The van der Waals surface area contributed by atoms with Crippen molar-refractivity contribution in [3.63, 3.8) is 0 Å². The Morgan fingerprint density at radius 2 is 2.00 bits per heavy atom. The van der Waals surface area contributed by atoms with E-state index in [-0.39, 0.29) is 6.42 Å². The second-order valence-corrected chi connectivity index (χ2v) is 5.40. The van der Waals surface area contributed by atoms with Gasteiger partial charge in [-0.05, 0) is 37.5 Å². The number of carbonyl (C=O) groups excluding carboxylic acids is 1. The van der Waals surface area contributed by atoms with Gasteiger partial charge in [-0.3, -0.25) is 4.79 Å². The molecule has 1 amide bonds. The van der Waals surface area contributed by atoms with E-state index in [1.807, 2.05) is 30.4 Å². The Hall–Kier alpha value is -2.25. The number of aryl methyl sites for hydroxylation is 1. The minimum absolute atomic E-state index is 0.0567. The molecule has 1 rings (SSSR count). The standard InChI is InChI=1S/C16H20F3NO4/c1-11-5-4-6-12(9-11)24-8-3-2-7-14(21)20-13(15(22)23)10-16(17,18)19/h4-6,9,13H,2-3,7-8,10H2,1H3,(H,20,21)(H,22,23). The van der Waals surface area contributed by atoms with Gasteiger partial charge in [0.15, 0.2) is 0 Å². The fraction of sp³-hybridized carbons (Fsp3) is 0.500. The number of halogens is 3. The van der Waals surface area contributed by atoms with Crippen molar-refractivity contribution in [3.05, 3.63) is 29.8 Å². The van der Waals surface area contributed by atoms with Gasteiger partial charge < -0.3 is 15.2 Å². The summed E-state index contributed by atoms with van der Waals surface area (Å²) in [5, 5.41) is 10.6. The fourth-order valence-electron chi connectivity index (χ4n) is 1.98. The molecule has 0 radical (unpaired) electrons. The smallest absolute Gasteiger partial charge is 0.391 e. The molecule has 0 aromatic heterocycles. The van der Waals surface area contributed by atoms with Gasteiger partial charge in [-0.25, -0.2) is 4.79 Å². The van der Waals surface area contributed by atoms with E-state index in [1.54, 1.807) is 6.07 Å². The van der Waals surface area contributed by atoms with Crippen LogP contribution in [0.4, 0.5) is 13.2 Å². The third kappa shape index (κ3) is 8.40. The van der Waals surface area contributed by atoms with Gasteiger partial charge in [-0.1, -0.05) is 12.1 Å². The number of hydrogen-bond acceptors (Lipinski definition) is 3. The quantitative estimate of drug-likeness (QED) is 0.673. The van der Waals surface area contributed by atoms with Crippen LogP contribution < -0.4 is 10.1 Å². The van der Waals surface area contributed by atoms with Gasteiger partial charge in [0, 0.05) is 6.42 Å². The van der Waals surface area contributed by atoms with Gasteiger partial charge in [-0.2, -0.15) is 13.2 Å². The molecule has 0 aliphatic heterocycles. The lowest BCUT2D eigenvalue weighted by Crippen LogP contribution is -2.43. The number of unbranched alkanes of at least 4 members (excludes halogenated alkanes) is 1. The molecule has 1 aromatic rings. The van der Waals surface area contributed by atoms with Gasteiger partial charge in [0.05, 0.1) is 13.0 Å². The Morgan fingerprint density at radius 3 is 2.58 bits per heavy atom. The molecule has 24 heavy (non-hydrogen) atoms. The fourth-order valence-corrected chi connectivity index (χ4v) is 1.98. The summed E-state index contributed by atoms with van der Waals surface area (Å²) < 4.78 is 42.2. The number of amides is 1. The van der Waals surface area contributed by atoms with Crippen LogP contribution in [0, 0.1) is 6.92 Å². The normalized spacial score (nSPS) is 12.5. The molecular weight excluding hydrogens is 327 g/mol. The van der Waals surface area contributed by atoms with E-state index in [1.165, 1.54) is 0 Å².